The quantitative estimate of drug-likeness (QED) is 0.640. The highest BCUT2D eigenvalue weighted by atomic mass is 35.5. The minimum atomic E-state index is -0.588. The molecule has 0 unspecified atom stereocenters. The number of nitrogens with one attached hydrogen (secondary N) is 1. The van der Waals surface area contributed by atoms with Crippen LogP contribution < -0.4 is 11.1 Å². The number of hydrogen-bond donors (Lipinski definition) is 2. The molecule has 0 bridgehead atoms. The molecule has 1 amide bonds. The first-order valence-electron chi connectivity index (χ1n) is 5.91. The first-order valence-corrected chi connectivity index (χ1v) is 6.29. The fourth-order valence-corrected chi connectivity index (χ4v) is 1.60. The molecule has 104 valence electrons. The van der Waals surface area contributed by atoms with Crippen molar-refractivity contribution in [3.05, 3.63) is 28.8 Å². The average Bonchev–Trinajstić information content (AvgIpc) is 2.31. The largest absolute Gasteiger partial charge is 0.462 e. The van der Waals surface area contributed by atoms with Crippen LogP contribution in [0.1, 0.15) is 30.6 Å². The van der Waals surface area contributed by atoms with Gasteiger partial charge in [-0.2, -0.15) is 0 Å². The van der Waals surface area contributed by atoms with E-state index in [1.54, 1.807) is 6.07 Å². The lowest BCUT2D eigenvalue weighted by Gasteiger charge is -2.09. The van der Waals surface area contributed by atoms with Crippen molar-refractivity contribution in [2.24, 2.45) is 0 Å². The Labute approximate surface area is 117 Å². The van der Waals surface area contributed by atoms with E-state index >= 15 is 0 Å². The molecule has 6 heteroatoms. The Bertz CT molecular complexity index is 475. The summed E-state index contributed by atoms with van der Waals surface area (Å²) in [6.07, 6.45) is 0.115. The van der Waals surface area contributed by atoms with Crippen molar-refractivity contribution in [3.63, 3.8) is 0 Å². The van der Waals surface area contributed by atoms with Crippen LogP contribution in [0.25, 0.3) is 0 Å². The van der Waals surface area contributed by atoms with Gasteiger partial charge in [-0.25, -0.2) is 4.79 Å². The van der Waals surface area contributed by atoms with Gasteiger partial charge in [0, 0.05) is 11.7 Å². The summed E-state index contributed by atoms with van der Waals surface area (Å²) < 4.78 is 4.98. The van der Waals surface area contributed by atoms with Crippen LogP contribution in [0, 0.1) is 0 Å². The fourth-order valence-electron chi connectivity index (χ4n) is 1.41. The van der Waals surface area contributed by atoms with Crippen LogP contribution in [0.3, 0.4) is 0 Å². The van der Waals surface area contributed by atoms with E-state index in [-0.39, 0.29) is 35.6 Å². The van der Waals surface area contributed by atoms with Gasteiger partial charge in [0.2, 0.25) is 5.91 Å². The number of halogens is 1. The highest BCUT2D eigenvalue weighted by Crippen LogP contribution is 2.19. The van der Waals surface area contributed by atoms with Gasteiger partial charge < -0.3 is 15.8 Å². The summed E-state index contributed by atoms with van der Waals surface area (Å²) in [5, 5.41) is 2.97. The Hall–Kier alpha value is -1.75. The molecule has 0 aliphatic carbocycles. The highest BCUT2D eigenvalue weighted by molar-refractivity contribution is 6.33. The van der Waals surface area contributed by atoms with Crippen LogP contribution in [0.15, 0.2) is 18.2 Å². The Kier molecular flexibility index (Phi) is 5.63. The van der Waals surface area contributed by atoms with E-state index in [4.69, 9.17) is 22.1 Å². The summed E-state index contributed by atoms with van der Waals surface area (Å²) in [6, 6.07) is 4.62. The molecule has 0 aliphatic rings. The molecule has 0 aliphatic heterocycles. The summed E-state index contributed by atoms with van der Waals surface area (Å²) in [4.78, 5) is 23.1. The van der Waals surface area contributed by atoms with Crippen LogP contribution in [0.4, 0.5) is 5.69 Å². The van der Waals surface area contributed by atoms with Crippen LogP contribution >= 0.6 is 11.6 Å². The van der Waals surface area contributed by atoms with Crippen molar-refractivity contribution < 1.29 is 14.3 Å². The molecule has 0 fully saturated rings. The number of benzene rings is 1. The minimum Gasteiger partial charge on any atom is -0.462 e. The van der Waals surface area contributed by atoms with Gasteiger partial charge in [0.25, 0.3) is 0 Å². The Balaban J connectivity index is 2.48. The molecule has 0 atom stereocenters. The summed E-state index contributed by atoms with van der Waals surface area (Å²) in [5.41, 5.74) is 6.19. The van der Waals surface area contributed by atoms with E-state index in [0.717, 1.165) is 0 Å². The van der Waals surface area contributed by atoms with E-state index in [1.807, 2.05) is 13.8 Å². The third-order valence-electron chi connectivity index (χ3n) is 2.22. The van der Waals surface area contributed by atoms with Gasteiger partial charge in [0.1, 0.15) is 6.61 Å². The van der Waals surface area contributed by atoms with Crippen molar-refractivity contribution in [1.82, 2.24) is 5.32 Å². The van der Waals surface area contributed by atoms with Crippen molar-refractivity contribution in [2.75, 3.05) is 12.3 Å². The number of nitrogens with two attached hydrogens (primary N) is 1. The number of carbonyl (C=O) groups excluding carboxylic acids is 2. The first-order chi connectivity index (χ1) is 8.90. The van der Waals surface area contributed by atoms with E-state index in [9.17, 15) is 9.59 Å². The van der Waals surface area contributed by atoms with Gasteiger partial charge in [-0.05, 0) is 32.0 Å². The van der Waals surface area contributed by atoms with Gasteiger partial charge in [-0.15, -0.1) is 0 Å². The first kappa shape index (κ1) is 15.3. The summed E-state index contributed by atoms with van der Waals surface area (Å²) in [6.45, 7) is 3.72. The molecule has 1 aromatic carbocycles. The third kappa shape index (κ3) is 5.18. The van der Waals surface area contributed by atoms with Crippen molar-refractivity contribution >= 4 is 29.2 Å². The van der Waals surface area contributed by atoms with Gasteiger partial charge in [0.05, 0.1) is 17.0 Å². The van der Waals surface area contributed by atoms with E-state index in [2.05, 4.69) is 5.32 Å². The number of carbonyl (C=O) groups is 2. The van der Waals surface area contributed by atoms with Crippen molar-refractivity contribution in [2.45, 2.75) is 26.3 Å². The lowest BCUT2D eigenvalue weighted by molar-refractivity contribution is -0.122. The number of hydrogen-bond acceptors (Lipinski definition) is 4. The van der Waals surface area contributed by atoms with Gasteiger partial charge >= 0.3 is 5.97 Å². The van der Waals surface area contributed by atoms with Crippen molar-refractivity contribution in [1.29, 1.82) is 0 Å². The molecule has 0 saturated carbocycles. The second-order valence-electron chi connectivity index (χ2n) is 4.35. The predicted octanol–water partition coefficient (Wildman–Crippen LogP) is 1.99. The van der Waals surface area contributed by atoms with E-state index in [1.165, 1.54) is 12.1 Å². The molecule has 5 nitrogen and oxygen atoms in total. The van der Waals surface area contributed by atoms with Crippen molar-refractivity contribution in [3.8, 4) is 0 Å². The molecular formula is C13H17ClN2O3. The molecule has 1 aromatic rings. The number of amides is 1. The van der Waals surface area contributed by atoms with Gasteiger partial charge in [-0.1, -0.05) is 11.6 Å². The highest BCUT2D eigenvalue weighted by Gasteiger charge is 2.13. The smallest absolute Gasteiger partial charge is 0.339 e. The predicted molar refractivity (Wildman–Crippen MR) is 74.0 cm³/mol. The maximum atomic E-state index is 11.7. The summed E-state index contributed by atoms with van der Waals surface area (Å²) in [5.74, 6) is -0.754. The topological polar surface area (TPSA) is 81.4 Å². The van der Waals surface area contributed by atoms with Gasteiger partial charge in [0.15, 0.2) is 0 Å². The summed E-state index contributed by atoms with van der Waals surface area (Å²) in [7, 11) is 0. The zero-order chi connectivity index (χ0) is 14.4. The zero-order valence-corrected chi connectivity index (χ0v) is 11.7. The van der Waals surface area contributed by atoms with Crippen LogP contribution in [0.5, 0.6) is 0 Å². The Morgan fingerprint density at radius 2 is 2.11 bits per heavy atom. The van der Waals surface area contributed by atoms with Gasteiger partial charge in [-0.3, -0.25) is 4.79 Å². The van der Waals surface area contributed by atoms with Crippen LogP contribution in [0.2, 0.25) is 5.02 Å². The second-order valence-corrected chi connectivity index (χ2v) is 4.75. The number of rotatable bonds is 5. The molecular weight excluding hydrogens is 268 g/mol. The zero-order valence-electron chi connectivity index (χ0n) is 10.9. The maximum Gasteiger partial charge on any atom is 0.339 e. The average molecular weight is 285 g/mol. The number of ether oxygens (including phenoxy) is 1. The second kappa shape index (κ2) is 6.99. The van der Waals surface area contributed by atoms with E-state index < -0.39 is 5.97 Å². The molecule has 19 heavy (non-hydrogen) atoms. The lowest BCUT2D eigenvalue weighted by atomic mass is 10.2. The number of nitrogen functional groups attached to an aromatic ring is 1. The van der Waals surface area contributed by atoms with Crippen LogP contribution in [-0.2, 0) is 9.53 Å². The molecule has 0 aromatic heterocycles. The molecule has 1 rings (SSSR count). The summed E-state index contributed by atoms with van der Waals surface area (Å²) >= 11 is 5.87. The van der Waals surface area contributed by atoms with Crippen LogP contribution in [-0.4, -0.2) is 24.5 Å². The standard InChI is InChI=1S/C13H17ClN2O3/c1-8(2)16-12(17)5-6-19-13(18)10-7-9(15)3-4-11(10)14/h3-4,7-8H,5-6,15H2,1-2H3,(H,16,17). The number of anilines is 1. The molecule has 3 N–H and O–H groups in total. The monoisotopic (exact) mass is 284 g/mol. The Morgan fingerprint density at radius 1 is 1.42 bits per heavy atom. The normalized spacial score (nSPS) is 10.3. The third-order valence-corrected chi connectivity index (χ3v) is 2.55. The molecule has 0 spiro atoms. The lowest BCUT2D eigenvalue weighted by Crippen LogP contribution is -2.31. The molecule has 0 radical (unpaired) electrons. The SMILES string of the molecule is CC(C)NC(=O)CCOC(=O)c1cc(N)ccc1Cl. The molecule has 0 saturated heterocycles. The number of esters is 1. The maximum absolute atomic E-state index is 11.7. The minimum absolute atomic E-state index is 0.00249. The van der Waals surface area contributed by atoms with E-state index in [0.29, 0.717) is 5.69 Å². The Morgan fingerprint density at radius 3 is 2.74 bits per heavy atom. The molecule has 0 heterocycles. The fraction of sp³-hybridized carbons (Fsp3) is 0.385.